The van der Waals surface area contributed by atoms with Gasteiger partial charge in [0, 0.05) is 0 Å². The van der Waals surface area contributed by atoms with Crippen LogP contribution in [0.4, 0.5) is 0 Å². The largest absolute Gasteiger partial charge is 0.0906 e. The Balaban J connectivity index is 2.16. The molecule has 0 nitrogen and oxygen atoms in total. The zero-order valence-electron chi connectivity index (χ0n) is 13.3. The van der Waals surface area contributed by atoms with Gasteiger partial charge in [-0.1, -0.05) is 105 Å². The average molecular weight is 295 g/mol. The molecule has 0 heterocycles. The van der Waals surface area contributed by atoms with Crippen LogP contribution in [0.15, 0.2) is 61.2 Å². The number of rotatable bonds is 7. The molecule has 2 aromatic carbocycles. The van der Waals surface area contributed by atoms with E-state index < -0.39 is 8.80 Å². The summed E-state index contributed by atoms with van der Waals surface area (Å²) in [5, 5.41) is 1.61. The van der Waals surface area contributed by atoms with Gasteiger partial charge in [-0.3, -0.25) is 0 Å². The molecule has 0 saturated heterocycles. The Bertz CT molecular complexity index is 548. The van der Waals surface area contributed by atoms with Crippen molar-refractivity contribution in [2.45, 2.75) is 38.8 Å². The Hall–Kier alpha value is -1.60. The van der Waals surface area contributed by atoms with Gasteiger partial charge >= 0.3 is 0 Å². The highest BCUT2D eigenvalue weighted by molar-refractivity contribution is 6.73. The van der Waals surface area contributed by atoms with Crippen molar-refractivity contribution < 1.29 is 0 Å². The van der Waals surface area contributed by atoms with Crippen LogP contribution < -0.4 is 5.19 Å². The van der Waals surface area contributed by atoms with Gasteiger partial charge in [-0.05, 0) is 16.7 Å². The van der Waals surface area contributed by atoms with Gasteiger partial charge in [0.15, 0.2) is 0 Å². The van der Waals surface area contributed by atoms with Crippen LogP contribution in [0.2, 0.25) is 12.1 Å². The number of hydrogen-bond acceptors (Lipinski definition) is 0. The third kappa shape index (κ3) is 4.18. The van der Waals surface area contributed by atoms with Gasteiger partial charge in [-0.15, -0.1) is 0 Å². The second-order valence-corrected chi connectivity index (χ2v) is 8.96. The topological polar surface area (TPSA) is 0 Å². The monoisotopic (exact) mass is 294 g/mol. The van der Waals surface area contributed by atoms with Gasteiger partial charge in [-0.2, -0.15) is 0 Å². The summed E-state index contributed by atoms with van der Waals surface area (Å²) in [5.41, 5.74) is 3.57. The van der Waals surface area contributed by atoms with Crippen LogP contribution in [0.25, 0.3) is 5.57 Å². The molecule has 0 amide bonds. The van der Waals surface area contributed by atoms with Crippen LogP contribution in [-0.4, -0.2) is 8.80 Å². The normalized spacial score (nSPS) is 10.8. The van der Waals surface area contributed by atoms with E-state index in [1.165, 1.54) is 36.1 Å². The molecule has 0 bridgehead atoms. The molecule has 2 aromatic rings. The maximum Gasteiger partial charge on any atom is 0.0708 e. The van der Waals surface area contributed by atoms with Crippen LogP contribution in [0.3, 0.4) is 0 Å². The lowest BCUT2D eigenvalue weighted by molar-refractivity contribution is 1.01. The Labute approximate surface area is 131 Å². The Morgan fingerprint density at radius 2 is 1.33 bits per heavy atom. The molecule has 0 aliphatic heterocycles. The van der Waals surface area contributed by atoms with Gasteiger partial charge in [0.25, 0.3) is 0 Å². The van der Waals surface area contributed by atoms with Crippen LogP contribution in [0.1, 0.15) is 37.8 Å². The van der Waals surface area contributed by atoms with Crippen molar-refractivity contribution in [1.29, 1.82) is 0 Å². The standard InChI is InChI=1S/C20H26Si/c1-4-15-21(16-5-2)20-13-11-19(12-14-20)17(3)18-9-7-6-8-10-18/h6-14,21H,3-5,15-16H2,1-2H3. The van der Waals surface area contributed by atoms with E-state index in [0.717, 1.165) is 5.57 Å². The quantitative estimate of drug-likeness (QED) is 0.630. The summed E-state index contributed by atoms with van der Waals surface area (Å²) in [5.74, 6) is 0. The first-order valence-corrected chi connectivity index (χ1v) is 10.3. The van der Waals surface area contributed by atoms with Crippen LogP contribution in [0, 0.1) is 0 Å². The molecule has 0 atom stereocenters. The first-order chi connectivity index (χ1) is 10.3. The second kappa shape index (κ2) is 7.99. The molecule has 0 fully saturated rings. The molecule has 0 aliphatic carbocycles. The zero-order chi connectivity index (χ0) is 15.1. The molecule has 2 rings (SSSR count). The van der Waals surface area contributed by atoms with Crippen LogP contribution >= 0.6 is 0 Å². The fourth-order valence-electron chi connectivity index (χ4n) is 2.94. The van der Waals surface area contributed by atoms with E-state index in [4.69, 9.17) is 0 Å². The molecule has 21 heavy (non-hydrogen) atoms. The van der Waals surface area contributed by atoms with Crippen molar-refractivity contribution in [2.24, 2.45) is 0 Å². The minimum atomic E-state index is -0.748. The highest BCUT2D eigenvalue weighted by Crippen LogP contribution is 2.20. The summed E-state index contributed by atoms with van der Waals surface area (Å²) in [6, 6.07) is 22.5. The summed E-state index contributed by atoms with van der Waals surface area (Å²) >= 11 is 0. The minimum absolute atomic E-state index is 0.748. The molecule has 0 saturated carbocycles. The van der Waals surface area contributed by atoms with Crippen molar-refractivity contribution in [3.63, 3.8) is 0 Å². The summed E-state index contributed by atoms with van der Waals surface area (Å²) in [6.07, 6.45) is 2.63. The van der Waals surface area contributed by atoms with Crippen LogP contribution in [0.5, 0.6) is 0 Å². The molecule has 0 N–H and O–H groups in total. The minimum Gasteiger partial charge on any atom is -0.0906 e. The second-order valence-electron chi connectivity index (χ2n) is 5.74. The van der Waals surface area contributed by atoms with E-state index in [9.17, 15) is 0 Å². The summed E-state index contributed by atoms with van der Waals surface area (Å²) in [6.45, 7) is 8.87. The van der Waals surface area contributed by atoms with Crippen molar-refractivity contribution in [3.8, 4) is 0 Å². The lowest BCUT2D eigenvalue weighted by atomic mass is 10.00. The smallest absolute Gasteiger partial charge is 0.0708 e. The lowest BCUT2D eigenvalue weighted by Gasteiger charge is -2.15. The van der Waals surface area contributed by atoms with Crippen molar-refractivity contribution >= 4 is 19.6 Å². The molecule has 0 radical (unpaired) electrons. The number of hydrogen-bond donors (Lipinski definition) is 0. The molecule has 1 heteroatoms. The van der Waals surface area contributed by atoms with Gasteiger partial charge in [-0.25, -0.2) is 0 Å². The third-order valence-electron chi connectivity index (χ3n) is 4.13. The molecule has 0 aromatic heterocycles. The van der Waals surface area contributed by atoms with Crippen molar-refractivity contribution in [3.05, 3.63) is 72.3 Å². The summed E-state index contributed by atoms with van der Waals surface area (Å²) in [7, 11) is -0.748. The lowest BCUT2D eigenvalue weighted by Crippen LogP contribution is -2.29. The molecular formula is C20H26Si. The van der Waals surface area contributed by atoms with Gasteiger partial charge < -0.3 is 0 Å². The maximum absolute atomic E-state index is 4.25. The predicted octanol–water partition coefficient (Wildman–Crippen LogP) is 5.00. The molecule has 0 aliphatic rings. The molecule has 0 unspecified atom stereocenters. The zero-order valence-corrected chi connectivity index (χ0v) is 14.5. The van der Waals surface area contributed by atoms with Gasteiger partial charge in [0.05, 0.1) is 8.80 Å². The first-order valence-electron chi connectivity index (χ1n) is 8.10. The Morgan fingerprint density at radius 1 is 0.810 bits per heavy atom. The summed E-state index contributed by atoms with van der Waals surface area (Å²) < 4.78 is 0. The molecule has 0 spiro atoms. The highest BCUT2D eigenvalue weighted by atomic mass is 28.3. The van der Waals surface area contributed by atoms with E-state index in [2.05, 4.69) is 69.0 Å². The maximum atomic E-state index is 4.25. The SMILES string of the molecule is C=C(c1ccccc1)c1ccc([SiH](CCC)CCC)cc1. The van der Waals surface area contributed by atoms with E-state index in [1.54, 1.807) is 5.19 Å². The molecular weight excluding hydrogens is 268 g/mol. The Kier molecular flexibility index (Phi) is 6.00. The fourth-order valence-corrected chi connectivity index (χ4v) is 6.02. The first kappa shape index (κ1) is 15.8. The Morgan fingerprint density at radius 3 is 1.86 bits per heavy atom. The average Bonchev–Trinajstić information content (AvgIpc) is 2.55. The third-order valence-corrected chi connectivity index (χ3v) is 8.00. The van der Waals surface area contributed by atoms with E-state index in [0.29, 0.717) is 0 Å². The van der Waals surface area contributed by atoms with Gasteiger partial charge in [0.1, 0.15) is 0 Å². The fraction of sp³-hybridized carbons (Fsp3) is 0.300. The van der Waals surface area contributed by atoms with E-state index >= 15 is 0 Å². The van der Waals surface area contributed by atoms with E-state index in [-0.39, 0.29) is 0 Å². The van der Waals surface area contributed by atoms with Crippen molar-refractivity contribution in [1.82, 2.24) is 0 Å². The molecule has 110 valence electrons. The van der Waals surface area contributed by atoms with Crippen LogP contribution in [-0.2, 0) is 0 Å². The van der Waals surface area contributed by atoms with Gasteiger partial charge in [0.2, 0.25) is 0 Å². The predicted molar refractivity (Wildman–Crippen MR) is 98.0 cm³/mol. The summed E-state index contributed by atoms with van der Waals surface area (Å²) in [4.78, 5) is 0. The number of benzene rings is 2. The van der Waals surface area contributed by atoms with Crippen molar-refractivity contribution in [2.75, 3.05) is 0 Å². The highest BCUT2D eigenvalue weighted by Gasteiger charge is 2.11. The van der Waals surface area contributed by atoms with E-state index in [1.807, 2.05) is 6.07 Å².